The van der Waals surface area contributed by atoms with E-state index in [0.717, 1.165) is 5.39 Å². The Morgan fingerprint density at radius 1 is 1.43 bits per heavy atom. The molecule has 0 aliphatic rings. The van der Waals surface area contributed by atoms with Gasteiger partial charge in [0.15, 0.2) is 0 Å². The van der Waals surface area contributed by atoms with E-state index in [4.69, 9.17) is 15.9 Å². The quantitative estimate of drug-likeness (QED) is 0.667. The molecule has 2 rings (SSSR count). The summed E-state index contributed by atoms with van der Waals surface area (Å²) in [5.74, 6) is 0.199. The Morgan fingerprint density at radius 3 is 2.79 bits per heavy atom. The van der Waals surface area contributed by atoms with E-state index in [1.54, 1.807) is 25.1 Å². The van der Waals surface area contributed by atoms with Crippen molar-refractivity contribution in [2.45, 2.75) is 6.92 Å². The Morgan fingerprint density at radius 2 is 2.14 bits per heavy atom. The number of carbonyl (C=O) groups is 1. The third-order valence-electron chi connectivity index (χ3n) is 2.11. The zero-order chi connectivity index (χ0) is 10.3. The smallest absolute Gasteiger partial charge is 0.252 e. The maximum atomic E-state index is 11.1. The summed E-state index contributed by atoms with van der Waals surface area (Å²) in [4.78, 5) is 11.1. The van der Waals surface area contributed by atoms with Crippen LogP contribution in [0.1, 0.15) is 16.1 Å². The zero-order valence-electron chi connectivity index (χ0n) is 7.70. The van der Waals surface area contributed by atoms with Gasteiger partial charge in [-0.2, -0.15) is 0 Å². The number of carbonyl (C=O) groups excluding carboxylic acids is 1. The van der Waals surface area contributed by atoms with E-state index in [0.29, 0.717) is 22.6 Å². The molecule has 4 N–H and O–H groups in total. The van der Waals surface area contributed by atoms with E-state index in [2.05, 4.69) is 0 Å². The molecule has 0 fully saturated rings. The van der Waals surface area contributed by atoms with Gasteiger partial charge in [-0.1, -0.05) is 0 Å². The first-order valence-electron chi connectivity index (χ1n) is 4.18. The summed E-state index contributed by atoms with van der Waals surface area (Å²) in [7, 11) is 0. The van der Waals surface area contributed by atoms with Crippen molar-refractivity contribution in [3.05, 3.63) is 29.5 Å². The van der Waals surface area contributed by atoms with Gasteiger partial charge in [0.05, 0.1) is 5.56 Å². The highest BCUT2D eigenvalue weighted by Gasteiger charge is 2.12. The van der Waals surface area contributed by atoms with Gasteiger partial charge in [-0.25, -0.2) is 0 Å². The molecule has 1 aromatic carbocycles. The van der Waals surface area contributed by atoms with Crippen molar-refractivity contribution < 1.29 is 9.21 Å². The van der Waals surface area contributed by atoms with E-state index < -0.39 is 5.91 Å². The van der Waals surface area contributed by atoms with E-state index in [9.17, 15) is 4.79 Å². The lowest BCUT2D eigenvalue weighted by Crippen LogP contribution is -2.11. The minimum Gasteiger partial charge on any atom is -0.460 e. The van der Waals surface area contributed by atoms with Crippen molar-refractivity contribution in [2.75, 3.05) is 5.73 Å². The van der Waals surface area contributed by atoms with Gasteiger partial charge in [0, 0.05) is 11.1 Å². The highest BCUT2D eigenvalue weighted by molar-refractivity contribution is 6.07. The third-order valence-corrected chi connectivity index (χ3v) is 2.11. The van der Waals surface area contributed by atoms with E-state index >= 15 is 0 Å². The summed E-state index contributed by atoms with van der Waals surface area (Å²) in [6.07, 6.45) is 0. The Kier molecular flexibility index (Phi) is 1.70. The van der Waals surface area contributed by atoms with Gasteiger partial charge in [-0.3, -0.25) is 4.79 Å². The lowest BCUT2D eigenvalue weighted by atomic mass is 10.1. The molecule has 4 nitrogen and oxygen atoms in total. The van der Waals surface area contributed by atoms with Gasteiger partial charge >= 0.3 is 0 Å². The first-order valence-corrected chi connectivity index (χ1v) is 4.18. The average molecular weight is 190 g/mol. The van der Waals surface area contributed by atoms with Crippen LogP contribution < -0.4 is 11.5 Å². The van der Waals surface area contributed by atoms with Crippen molar-refractivity contribution in [3.63, 3.8) is 0 Å². The fraction of sp³-hybridized carbons (Fsp3) is 0.100. The van der Waals surface area contributed by atoms with Gasteiger partial charge in [-0.15, -0.1) is 0 Å². The molecule has 4 heteroatoms. The topological polar surface area (TPSA) is 82.2 Å². The molecule has 0 aliphatic heterocycles. The van der Waals surface area contributed by atoms with Gasteiger partial charge in [0.2, 0.25) is 0 Å². The molecule has 0 saturated carbocycles. The molecule has 0 spiro atoms. The molecular formula is C10H10N2O2. The fourth-order valence-corrected chi connectivity index (χ4v) is 1.46. The Balaban J connectivity index is 2.87. The second-order valence-electron chi connectivity index (χ2n) is 3.17. The maximum Gasteiger partial charge on any atom is 0.252 e. The van der Waals surface area contributed by atoms with Crippen molar-refractivity contribution >= 4 is 22.6 Å². The van der Waals surface area contributed by atoms with E-state index in [1.807, 2.05) is 0 Å². The van der Waals surface area contributed by atoms with E-state index in [-0.39, 0.29) is 0 Å². The summed E-state index contributed by atoms with van der Waals surface area (Å²) in [6.45, 7) is 1.80. The van der Waals surface area contributed by atoms with Crippen LogP contribution in [0.5, 0.6) is 0 Å². The Bertz CT molecular complexity index is 514. The lowest BCUT2D eigenvalue weighted by molar-refractivity contribution is 0.100. The zero-order valence-corrected chi connectivity index (χ0v) is 7.70. The molecule has 1 aromatic heterocycles. The number of hydrogen-bond donors (Lipinski definition) is 2. The first-order chi connectivity index (χ1) is 6.59. The van der Waals surface area contributed by atoms with Crippen LogP contribution in [0.2, 0.25) is 0 Å². The number of anilines is 1. The van der Waals surface area contributed by atoms with Crippen LogP contribution in [0.25, 0.3) is 11.0 Å². The highest BCUT2D eigenvalue weighted by atomic mass is 16.3. The van der Waals surface area contributed by atoms with Crippen LogP contribution in [0.3, 0.4) is 0 Å². The first kappa shape index (κ1) is 8.62. The predicted molar refractivity (Wildman–Crippen MR) is 53.9 cm³/mol. The van der Waals surface area contributed by atoms with Crippen LogP contribution >= 0.6 is 0 Å². The van der Waals surface area contributed by atoms with Crippen molar-refractivity contribution in [2.24, 2.45) is 5.73 Å². The molecule has 1 amide bonds. The van der Waals surface area contributed by atoms with Crippen LogP contribution in [0, 0.1) is 6.92 Å². The second-order valence-corrected chi connectivity index (χ2v) is 3.17. The molecule has 0 radical (unpaired) electrons. The number of furan rings is 1. The number of aryl methyl sites for hydroxylation is 1. The molecule has 2 aromatic rings. The number of primary amides is 1. The summed E-state index contributed by atoms with van der Waals surface area (Å²) < 4.78 is 5.36. The highest BCUT2D eigenvalue weighted by Crippen LogP contribution is 2.27. The molecule has 0 bridgehead atoms. The van der Waals surface area contributed by atoms with Crippen molar-refractivity contribution in [3.8, 4) is 0 Å². The monoisotopic (exact) mass is 190 g/mol. The SMILES string of the molecule is Cc1cc2c(N)ccc(C(N)=O)c2o1. The standard InChI is InChI=1S/C10H10N2O2/c1-5-4-7-8(11)3-2-6(10(12)13)9(7)14-5/h2-4H,11H2,1H3,(H2,12,13). The number of amides is 1. The van der Waals surface area contributed by atoms with Gasteiger partial charge in [0.25, 0.3) is 5.91 Å². The molecule has 0 aliphatic carbocycles. The molecule has 0 unspecified atom stereocenters. The maximum absolute atomic E-state index is 11.1. The Labute approximate surface area is 80.5 Å². The molecule has 72 valence electrons. The predicted octanol–water partition coefficient (Wildman–Crippen LogP) is 1.42. The minimum atomic E-state index is -0.510. The summed E-state index contributed by atoms with van der Waals surface area (Å²) in [6, 6.07) is 5.01. The third kappa shape index (κ3) is 1.12. The number of fused-ring (bicyclic) bond motifs is 1. The van der Waals surface area contributed by atoms with Gasteiger partial charge in [-0.05, 0) is 25.1 Å². The number of rotatable bonds is 1. The minimum absolute atomic E-state index is 0.363. The van der Waals surface area contributed by atoms with Gasteiger partial charge < -0.3 is 15.9 Å². The molecule has 1 heterocycles. The lowest BCUT2D eigenvalue weighted by Gasteiger charge is -1.99. The molecule has 0 atom stereocenters. The summed E-state index contributed by atoms with van der Waals surface area (Å²) in [5.41, 5.74) is 12.3. The van der Waals surface area contributed by atoms with Crippen molar-refractivity contribution in [1.29, 1.82) is 0 Å². The normalized spacial score (nSPS) is 10.6. The number of hydrogen-bond acceptors (Lipinski definition) is 3. The summed E-state index contributed by atoms with van der Waals surface area (Å²) in [5, 5.41) is 0.735. The Hall–Kier alpha value is -1.97. The molecule has 14 heavy (non-hydrogen) atoms. The van der Waals surface area contributed by atoms with E-state index in [1.165, 1.54) is 0 Å². The number of nitrogen functional groups attached to an aromatic ring is 1. The number of benzene rings is 1. The molecular weight excluding hydrogens is 180 g/mol. The van der Waals surface area contributed by atoms with Crippen LogP contribution in [-0.2, 0) is 0 Å². The van der Waals surface area contributed by atoms with Crippen LogP contribution in [0.15, 0.2) is 22.6 Å². The van der Waals surface area contributed by atoms with Crippen molar-refractivity contribution in [1.82, 2.24) is 0 Å². The fourth-order valence-electron chi connectivity index (χ4n) is 1.46. The number of nitrogens with two attached hydrogens (primary N) is 2. The van der Waals surface area contributed by atoms with Crippen LogP contribution in [-0.4, -0.2) is 5.91 Å². The molecule has 0 saturated heterocycles. The summed E-state index contributed by atoms with van der Waals surface area (Å²) >= 11 is 0. The largest absolute Gasteiger partial charge is 0.460 e. The van der Waals surface area contributed by atoms with Gasteiger partial charge in [0.1, 0.15) is 11.3 Å². The second kappa shape index (κ2) is 2.77. The van der Waals surface area contributed by atoms with Crippen LogP contribution in [0.4, 0.5) is 5.69 Å². The average Bonchev–Trinajstić information content (AvgIpc) is 2.47.